The molecule has 4 amide bonds. The maximum absolute atomic E-state index is 12.3. The predicted molar refractivity (Wildman–Crippen MR) is 223 cm³/mol. The van der Waals surface area contributed by atoms with E-state index in [9.17, 15) is 23.7 Å². The van der Waals surface area contributed by atoms with Crippen LogP contribution in [0.15, 0.2) is 0 Å². The first-order valence-electron chi connectivity index (χ1n) is 18.1. The van der Waals surface area contributed by atoms with Gasteiger partial charge in [0.25, 0.3) is 0 Å². The fourth-order valence-electron chi connectivity index (χ4n) is 4.78. The van der Waals surface area contributed by atoms with Gasteiger partial charge in [0.05, 0.1) is 54.0 Å². The van der Waals surface area contributed by atoms with E-state index in [-0.39, 0.29) is 294 Å². The summed E-state index contributed by atoms with van der Waals surface area (Å²) in [6, 6.07) is -0.781. The Morgan fingerprint density at radius 2 is 1.42 bits per heavy atom. The predicted octanol–water partition coefficient (Wildman–Crippen LogP) is -0.141. The Morgan fingerprint density at radius 1 is 0.892 bits per heavy atom. The summed E-state index contributed by atoms with van der Waals surface area (Å²) < 4.78 is 38.2. The molecule has 3 saturated heterocycles. The van der Waals surface area contributed by atoms with Crippen LogP contribution in [0.3, 0.4) is 0 Å². The van der Waals surface area contributed by atoms with E-state index in [0.29, 0.717) is 25.7 Å². The Kier molecular flexibility index (Phi) is 81.0. The van der Waals surface area contributed by atoms with Crippen molar-refractivity contribution in [1.82, 2.24) is 15.1 Å². The fourth-order valence-corrected chi connectivity index (χ4v) is 5.73. The molecule has 0 bridgehead atoms. The molecule has 0 aromatic rings. The van der Waals surface area contributed by atoms with Gasteiger partial charge >= 0.3 is 59.0 Å². The standard InChI is InChI=1S/C22H38B3N5O8P.C5H8BO2.C5H7BO.2HP.2U.2V.3W.2Y/c1-39(35,37-16-17-4-5-18(25)38-17)36-11-3-2-7-27-19(31)15-30(22(34)13-24)10-8-28-20(32)14-29(9-6-26)21(33)12-23;1-3-4(7)2-5(6)8-3;1-4-2-3-5(6)7-4;;;;;;;;;;;/h4,17-18H,2-3,5-16,26H2,1H3,(H2,27,28,31,32);3-5,7H,1-2H2;2,4-5H,1,3H2;2*1H;;;;;;;;;/q2*-1;-2;;;;;;;;;;;/p-1. The largest absolute Gasteiger partial charge is 0 e. The Morgan fingerprint density at radius 3 is 1.80 bits per heavy atom. The van der Waals surface area contributed by atoms with E-state index in [1.54, 1.807) is 0 Å². The third-order valence-corrected chi connectivity index (χ3v) is 8.94. The second kappa shape index (κ2) is 58.0. The first-order chi connectivity index (χ1) is 27.5. The van der Waals surface area contributed by atoms with Gasteiger partial charge in [-0.1, -0.05) is 6.42 Å². The number of aliphatic hydroxyl groups excluding tert-OH is 1. The van der Waals surface area contributed by atoms with E-state index >= 15 is 0 Å². The molecule has 65 heavy (non-hydrogen) atoms. The number of hydrogen-bond acceptors (Lipinski definition) is 12. The van der Waals surface area contributed by atoms with Crippen molar-refractivity contribution in [2.45, 2.75) is 87.2 Å². The molecule has 8 unspecified atom stereocenters. The third kappa shape index (κ3) is 49.6. The summed E-state index contributed by atoms with van der Waals surface area (Å²) in [6.45, 7) is 15.0. The number of nitrogens with two attached hydrogens (primary N) is 1. The Balaban J connectivity index is -0.000000143. The van der Waals surface area contributed by atoms with Gasteiger partial charge in [0.15, 0.2) is 0 Å². The van der Waals surface area contributed by atoms with Crippen LogP contribution in [0.5, 0.6) is 0 Å². The number of ether oxygens (including phenoxy) is 3. The number of hydrogen-bond donors (Lipinski definition) is 3. The van der Waals surface area contributed by atoms with Crippen molar-refractivity contribution in [3.63, 3.8) is 0 Å². The summed E-state index contributed by atoms with van der Waals surface area (Å²) in [7, 11) is 23.8. The topological polar surface area (TPSA) is 210 Å². The van der Waals surface area contributed by atoms with E-state index in [1.165, 1.54) is 54.1 Å². The monoisotopic (exact) mass is 2140 g/mol. The van der Waals surface area contributed by atoms with Crippen molar-refractivity contribution in [1.29, 1.82) is 0 Å². The van der Waals surface area contributed by atoms with Crippen molar-refractivity contribution < 1.29 is 276 Å². The Bertz CT molecular complexity index is 1250. The van der Waals surface area contributed by atoms with E-state index in [0.717, 1.165) is 6.42 Å². The Labute approximate surface area is 556 Å². The quantitative estimate of drug-likeness (QED) is 0.0630. The van der Waals surface area contributed by atoms with Crippen molar-refractivity contribution >= 4 is 84.2 Å². The molecule has 8 atom stereocenters. The number of nitrogens with zero attached hydrogens (tertiary/aromatic N) is 3. The molecule has 3 fully saturated rings. The SMILES string of the molecule is [B]C1CC(O)C([CH2-])O1.[B]C1C[CH-]C([CH2-])O1.[B]CC(=O)N(CCNC(=O)CN(CCN)C(=O)C[B])CC(=O)[N-]CCCCOP(C)(=O)OCC1[CH-]CC([B])O1.[PH]=[W].[PH]=[W].[U].[U].[V].[V].[W].[Y].[Y]. The van der Waals surface area contributed by atoms with Crippen LogP contribution >= 0.6 is 21.3 Å². The minimum atomic E-state index is -3.26. The van der Waals surface area contributed by atoms with Crippen LogP contribution in [0.2, 0.25) is 12.6 Å². The number of unbranched alkanes of at least 4 members (excludes halogenated alkanes) is 1. The average molecular weight is 2140 g/mol. The second-order valence-corrected chi connectivity index (χ2v) is 14.5. The van der Waals surface area contributed by atoms with E-state index in [1.807, 2.05) is 12.8 Å². The maximum atomic E-state index is 12.3. The maximum Gasteiger partial charge on any atom is 0 e. The zero-order chi connectivity index (χ0) is 44.7. The normalized spacial score (nSPS) is 21.4. The van der Waals surface area contributed by atoms with Crippen molar-refractivity contribution in [3.8, 4) is 0 Å². The molecule has 3 aliphatic heterocycles. The van der Waals surface area contributed by atoms with Crippen LogP contribution in [0.1, 0.15) is 32.1 Å². The van der Waals surface area contributed by atoms with Crippen molar-refractivity contribution in [3.05, 3.63) is 32.0 Å². The summed E-state index contributed by atoms with van der Waals surface area (Å²) in [6.07, 6.45) is 5.09. The van der Waals surface area contributed by atoms with Crippen LogP contribution < -0.4 is 11.1 Å². The third-order valence-electron chi connectivity index (χ3n) is 7.67. The molecule has 350 valence electrons. The summed E-state index contributed by atoms with van der Waals surface area (Å²) in [5, 5.41) is 15.4. The van der Waals surface area contributed by atoms with Gasteiger partial charge in [0, 0.05) is 225 Å². The molecule has 16 nitrogen and oxygen atoms in total. The molecule has 0 saturated carbocycles. The summed E-state index contributed by atoms with van der Waals surface area (Å²) >= 11 is 2.78. The van der Waals surface area contributed by atoms with Crippen LogP contribution in [-0.4, -0.2) is 186 Å². The van der Waals surface area contributed by atoms with Crippen LogP contribution in [0.25, 0.3) is 5.32 Å². The van der Waals surface area contributed by atoms with Gasteiger partial charge in [-0.05, 0) is 49.7 Å². The second-order valence-electron chi connectivity index (χ2n) is 12.4. The van der Waals surface area contributed by atoms with Gasteiger partial charge in [-0.2, -0.15) is 18.9 Å². The van der Waals surface area contributed by atoms with E-state index in [2.05, 4.69) is 38.2 Å². The van der Waals surface area contributed by atoms with Gasteiger partial charge < -0.3 is 79.6 Å². The molecule has 14 radical (unpaired) electrons. The van der Waals surface area contributed by atoms with Gasteiger partial charge in [-0.15, -0.1) is 6.54 Å². The molecule has 3 rings (SSSR count). The van der Waals surface area contributed by atoms with Crippen molar-refractivity contribution in [2.75, 3.05) is 65.7 Å². The van der Waals surface area contributed by atoms with Gasteiger partial charge in [-0.25, -0.2) is 0 Å². The molecular formula is C32H54B5N5O11P3U2V2W3Y2-5. The number of nitrogens with one attached hydrogen (secondary N) is 1. The average Bonchev–Trinajstić information content (AvgIpc) is 3.89. The summed E-state index contributed by atoms with van der Waals surface area (Å²) in [4.78, 5) is 50.7. The molecular weight excluding hydrogens is 2080 g/mol. The first-order valence-corrected chi connectivity index (χ1v) is 29.7. The molecule has 4 N–H and O–H groups in total. The summed E-state index contributed by atoms with van der Waals surface area (Å²) in [5.41, 5.74) is 5.45. The van der Waals surface area contributed by atoms with Gasteiger partial charge in [0.1, 0.15) is 23.5 Å². The Hall–Kier alpha value is 6.30. The zero-order valence-corrected chi connectivity index (χ0v) is 65.0. The number of carbonyl (C=O) groups is 4. The molecule has 33 heteroatoms. The summed E-state index contributed by atoms with van der Waals surface area (Å²) in [5.74, 6) is -1.88. The zero-order valence-electron chi connectivity index (χ0n) is 36.5. The first kappa shape index (κ1) is 90.8. The van der Waals surface area contributed by atoms with Crippen LogP contribution in [0.4, 0.5) is 0 Å². The fraction of sp³-hybridized carbons (Fsp3) is 0.750. The molecule has 0 aromatic carbocycles. The number of carbonyl (C=O) groups excluding carboxylic acids is 4. The van der Waals surface area contributed by atoms with Crippen LogP contribution in [-0.2, 0) is 208 Å². The van der Waals surface area contributed by atoms with E-state index < -0.39 is 37.3 Å². The minimum Gasteiger partial charge on any atom is 0 e. The van der Waals surface area contributed by atoms with Gasteiger partial charge in [0.2, 0.25) is 17.7 Å². The van der Waals surface area contributed by atoms with Gasteiger partial charge in [-0.3, -0.25) is 25.4 Å². The molecule has 0 spiro atoms. The van der Waals surface area contributed by atoms with Crippen molar-refractivity contribution in [2.24, 2.45) is 5.73 Å². The number of rotatable bonds is 20. The number of amides is 4. The molecule has 3 heterocycles. The molecule has 3 aliphatic rings. The number of aliphatic hydroxyl groups is 1. The minimum absolute atomic E-state index is 0. The molecule has 0 aliphatic carbocycles. The van der Waals surface area contributed by atoms with Crippen LogP contribution in [0, 0.1) is 88.9 Å². The van der Waals surface area contributed by atoms with E-state index in [4.69, 9.17) is 73.3 Å². The molecule has 0 aromatic heterocycles. The smallest absolute Gasteiger partial charge is 0 e.